The van der Waals surface area contributed by atoms with E-state index in [9.17, 15) is 4.79 Å². The van der Waals surface area contributed by atoms with Crippen LogP contribution in [0.5, 0.6) is 0 Å². The summed E-state index contributed by atoms with van der Waals surface area (Å²) in [6, 6.07) is 7.92. The van der Waals surface area contributed by atoms with E-state index in [1.165, 1.54) is 0 Å². The van der Waals surface area contributed by atoms with E-state index >= 15 is 0 Å². The Morgan fingerprint density at radius 2 is 2.00 bits per heavy atom. The molecule has 0 spiro atoms. The second-order valence-corrected chi connectivity index (χ2v) is 5.11. The molecule has 86 valence electrons. The van der Waals surface area contributed by atoms with Crippen LogP contribution in [0.3, 0.4) is 0 Å². The molecule has 2 nitrogen and oxygen atoms in total. The number of fused-ring (bicyclic) bond motifs is 1. The highest BCUT2D eigenvalue weighted by molar-refractivity contribution is 5.98. The smallest absolute Gasteiger partial charge is 0.254 e. The maximum Gasteiger partial charge on any atom is 0.254 e. The molecule has 0 radical (unpaired) electrons. The van der Waals surface area contributed by atoms with Gasteiger partial charge in [0.1, 0.15) is 0 Å². The van der Waals surface area contributed by atoms with Crippen molar-refractivity contribution in [1.29, 1.82) is 0 Å². The highest BCUT2D eigenvalue weighted by Crippen LogP contribution is 2.31. The molecule has 0 bridgehead atoms. The van der Waals surface area contributed by atoms with Crippen molar-refractivity contribution in [2.75, 3.05) is 0 Å². The Bertz CT molecular complexity index is 409. The molecule has 0 saturated heterocycles. The molecule has 16 heavy (non-hydrogen) atoms. The number of carbonyl (C=O) groups is 1. The minimum Gasteiger partial charge on any atom is -0.329 e. The fraction of sp³-hybridized carbons (Fsp3) is 0.500. The molecule has 1 aliphatic rings. The second-order valence-electron chi connectivity index (χ2n) is 5.11. The zero-order valence-corrected chi connectivity index (χ0v) is 10.3. The summed E-state index contributed by atoms with van der Waals surface area (Å²) in [7, 11) is 0. The molecule has 0 saturated carbocycles. The Labute approximate surface area is 97.3 Å². The number of hydrogen-bond donors (Lipinski definition) is 0. The van der Waals surface area contributed by atoms with Gasteiger partial charge in [0.2, 0.25) is 0 Å². The van der Waals surface area contributed by atoms with Gasteiger partial charge in [0.05, 0.1) is 0 Å². The Morgan fingerprint density at radius 1 is 1.31 bits per heavy atom. The molecular weight excluding hydrogens is 198 g/mol. The normalized spacial score (nSPS) is 15.4. The van der Waals surface area contributed by atoms with Crippen LogP contribution in [0.4, 0.5) is 0 Å². The summed E-state index contributed by atoms with van der Waals surface area (Å²) < 4.78 is 0. The van der Waals surface area contributed by atoms with Crippen molar-refractivity contribution in [2.45, 2.75) is 45.7 Å². The number of rotatable bonds is 3. The predicted molar refractivity (Wildman–Crippen MR) is 65.3 cm³/mol. The maximum absolute atomic E-state index is 12.2. The molecule has 0 aromatic heterocycles. The van der Waals surface area contributed by atoms with Gasteiger partial charge < -0.3 is 4.90 Å². The largest absolute Gasteiger partial charge is 0.329 e. The van der Waals surface area contributed by atoms with Gasteiger partial charge >= 0.3 is 0 Å². The van der Waals surface area contributed by atoms with Crippen molar-refractivity contribution in [3.63, 3.8) is 0 Å². The van der Waals surface area contributed by atoms with Crippen LogP contribution in [-0.2, 0) is 6.54 Å². The molecule has 0 unspecified atom stereocenters. The van der Waals surface area contributed by atoms with Crippen LogP contribution >= 0.6 is 0 Å². The van der Waals surface area contributed by atoms with Crippen molar-refractivity contribution in [1.82, 2.24) is 4.90 Å². The van der Waals surface area contributed by atoms with Crippen LogP contribution in [0.25, 0.3) is 0 Å². The Balaban J connectivity index is 2.28. The van der Waals surface area contributed by atoms with Gasteiger partial charge in [-0.3, -0.25) is 4.79 Å². The Hall–Kier alpha value is -1.31. The monoisotopic (exact) mass is 217 g/mol. The van der Waals surface area contributed by atoms with E-state index in [0.29, 0.717) is 0 Å². The molecule has 0 aliphatic carbocycles. The minimum atomic E-state index is -0.0369. The van der Waals surface area contributed by atoms with Gasteiger partial charge in [0, 0.05) is 17.6 Å². The van der Waals surface area contributed by atoms with Gasteiger partial charge in [-0.1, -0.05) is 31.5 Å². The van der Waals surface area contributed by atoms with Gasteiger partial charge in [-0.25, -0.2) is 0 Å². The molecular formula is C14H19NO. The number of amides is 1. The number of nitrogens with zero attached hydrogens (tertiary/aromatic N) is 1. The van der Waals surface area contributed by atoms with Gasteiger partial charge in [0.25, 0.3) is 5.91 Å². The highest BCUT2D eigenvalue weighted by Gasteiger charge is 2.36. The third kappa shape index (κ3) is 1.73. The minimum absolute atomic E-state index is 0.0369. The van der Waals surface area contributed by atoms with Crippen molar-refractivity contribution in [2.24, 2.45) is 0 Å². The van der Waals surface area contributed by atoms with Crippen molar-refractivity contribution in [3.8, 4) is 0 Å². The first-order valence-corrected chi connectivity index (χ1v) is 5.96. The van der Waals surface area contributed by atoms with Crippen molar-refractivity contribution < 1.29 is 4.79 Å². The average Bonchev–Trinajstić information content (AvgIpc) is 2.58. The molecule has 2 heteroatoms. The first-order chi connectivity index (χ1) is 7.56. The van der Waals surface area contributed by atoms with Gasteiger partial charge in [-0.2, -0.15) is 0 Å². The van der Waals surface area contributed by atoms with E-state index < -0.39 is 0 Å². The van der Waals surface area contributed by atoms with Gasteiger partial charge in [0.15, 0.2) is 0 Å². The van der Waals surface area contributed by atoms with Crippen LogP contribution in [0.15, 0.2) is 24.3 Å². The van der Waals surface area contributed by atoms with Gasteiger partial charge in [-0.05, 0) is 31.9 Å². The molecule has 0 atom stereocenters. The third-order valence-electron chi connectivity index (χ3n) is 3.41. The van der Waals surface area contributed by atoms with Crippen LogP contribution in [0.2, 0.25) is 0 Å². The number of hydrogen-bond acceptors (Lipinski definition) is 1. The fourth-order valence-corrected chi connectivity index (χ4v) is 2.49. The molecule has 0 fully saturated rings. The topological polar surface area (TPSA) is 20.3 Å². The van der Waals surface area contributed by atoms with E-state index in [4.69, 9.17) is 0 Å². The second kappa shape index (κ2) is 3.93. The first kappa shape index (κ1) is 11.2. The highest BCUT2D eigenvalue weighted by atomic mass is 16.2. The zero-order valence-electron chi connectivity index (χ0n) is 10.3. The molecule has 1 heterocycles. The summed E-state index contributed by atoms with van der Waals surface area (Å²) in [6.45, 7) is 7.23. The van der Waals surface area contributed by atoms with Gasteiger partial charge in [-0.15, -0.1) is 0 Å². The van der Waals surface area contributed by atoms with E-state index in [1.54, 1.807) is 0 Å². The predicted octanol–water partition coefficient (Wildman–Crippen LogP) is 3.22. The van der Waals surface area contributed by atoms with Crippen LogP contribution in [0, 0.1) is 0 Å². The van der Waals surface area contributed by atoms with Crippen LogP contribution in [-0.4, -0.2) is 16.3 Å². The SMILES string of the molecule is CCCC(C)(C)N1Cc2ccccc2C1=O. The van der Waals surface area contributed by atoms with Crippen LogP contribution in [0.1, 0.15) is 49.5 Å². The van der Waals surface area contributed by atoms with Crippen molar-refractivity contribution in [3.05, 3.63) is 35.4 Å². The number of carbonyl (C=O) groups excluding carboxylic acids is 1. The van der Waals surface area contributed by atoms with Crippen LogP contribution < -0.4 is 0 Å². The Kier molecular flexibility index (Phi) is 2.75. The zero-order chi connectivity index (χ0) is 11.8. The lowest BCUT2D eigenvalue weighted by Gasteiger charge is -2.35. The van der Waals surface area contributed by atoms with E-state index in [-0.39, 0.29) is 11.4 Å². The standard InChI is InChI=1S/C14H19NO/c1-4-9-14(2,3)15-10-11-7-5-6-8-12(11)13(15)16/h5-8H,4,9-10H2,1-3H3. The molecule has 1 amide bonds. The fourth-order valence-electron chi connectivity index (χ4n) is 2.49. The molecule has 0 N–H and O–H groups in total. The van der Waals surface area contributed by atoms with E-state index in [0.717, 1.165) is 30.5 Å². The average molecular weight is 217 g/mol. The maximum atomic E-state index is 12.2. The summed E-state index contributed by atoms with van der Waals surface area (Å²) in [4.78, 5) is 14.2. The molecule has 1 aliphatic heterocycles. The Morgan fingerprint density at radius 3 is 2.62 bits per heavy atom. The van der Waals surface area contributed by atoms with E-state index in [2.05, 4.69) is 26.8 Å². The van der Waals surface area contributed by atoms with E-state index in [1.807, 2.05) is 23.1 Å². The summed E-state index contributed by atoms with van der Waals surface area (Å²) in [5.74, 6) is 0.189. The number of benzene rings is 1. The summed E-state index contributed by atoms with van der Waals surface area (Å²) in [5.41, 5.74) is 2.01. The lowest BCUT2D eigenvalue weighted by molar-refractivity contribution is 0.0554. The first-order valence-electron chi connectivity index (χ1n) is 5.96. The quantitative estimate of drug-likeness (QED) is 0.761. The molecule has 1 aromatic carbocycles. The lowest BCUT2D eigenvalue weighted by Crippen LogP contribution is -2.43. The summed E-state index contributed by atoms with van der Waals surface area (Å²) in [6.07, 6.45) is 2.15. The van der Waals surface area contributed by atoms with Crippen molar-refractivity contribution >= 4 is 5.91 Å². The lowest BCUT2D eigenvalue weighted by atomic mass is 9.97. The molecule has 2 rings (SSSR count). The molecule has 1 aromatic rings. The summed E-state index contributed by atoms with van der Waals surface area (Å²) >= 11 is 0. The summed E-state index contributed by atoms with van der Waals surface area (Å²) in [5, 5.41) is 0. The third-order valence-corrected chi connectivity index (χ3v) is 3.41.